The van der Waals surface area contributed by atoms with E-state index in [1.54, 1.807) is 0 Å². The van der Waals surface area contributed by atoms with Crippen molar-refractivity contribution in [2.75, 3.05) is 0 Å². The van der Waals surface area contributed by atoms with Crippen molar-refractivity contribution in [1.82, 2.24) is 9.97 Å². The quantitative estimate of drug-likeness (QED) is 0.623. The second-order valence-corrected chi connectivity index (χ2v) is 5.48. The summed E-state index contributed by atoms with van der Waals surface area (Å²) >= 11 is 5.95. The van der Waals surface area contributed by atoms with Crippen molar-refractivity contribution in [2.24, 2.45) is 0 Å². The average molecular weight is 299 g/mol. The first-order chi connectivity index (χ1) is 10.1. The van der Waals surface area contributed by atoms with Crippen molar-refractivity contribution in [3.05, 3.63) is 59.4 Å². The SMILES string of the molecule is CC(C)c1ccc(Oc2nc(Cl)nc3ccccc23)cc1. The standard InChI is InChI=1S/C17H15ClN2O/c1-11(2)12-7-9-13(10-8-12)21-16-14-5-3-4-6-15(14)19-17(18)20-16/h3-11H,1-2H3. The highest BCUT2D eigenvalue weighted by Gasteiger charge is 2.09. The normalized spacial score (nSPS) is 11.0. The van der Waals surface area contributed by atoms with Crippen LogP contribution in [0.2, 0.25) is 5.28 Å². The van der Waals surface area contributed by atoms with Crippen LogP contribution in [0.1, 0.15) is 25.3 Å². The summed E-state index contributed by atoms with van der Waals surface area (Å²) in [5.74, 6) is 1.70. The van der Waals surface area contributed by atoms with Gasteiger partial charge in [0.15, 0.2) is 0 Å². The third-order valence-corrected chi connectivity index (χ3v) is 3.47. The van der Waals surface area contributed by atoms with E-state index in [9.17, 15) is 0 Å². The lowest BCUT2D eigenvalue weighted by atomic mass is 10.0. The van der Waals surface area contributed by atoms with E-state index in [0.29, 0.717) is 11.8 Å². The van der Waals surface area contributed by atoms with Gasteiger partial charge in [-0.1, -0.05) is 38.1 Å². The third kappa shape index (κ3) is 2.98. The van der Waals surface area contributed by atoms with Crippen LogP contribution >= 0.6 is 11.6 Å². The van der Waals surface area contributed by atoms with E-state index in [1.165, 1.54) is 5.56 Å². The second kappa shape index (κ2) is 5.70. The minimum Gasteiger partial charge on any atom is -0.438 e. The van der Waals surface area contributed by atoms with Gasteiger partial charge in [0.1, 0.15) is 5.75 Å². The highest BCUT2D eigenvalue weighted by molar-refractivity contribution is 6.28. The summed E-state index contributed by atoms with van der Waals surface area (Å²) in [4.78, 5) is 8.38. The van der Waals surface area contributed by atoms with Gasteiger partial charge in [-0.2, -0.15) is 4.98 Å². The molecule has 0 aliphatic heterocycles. The fraction of sp³-hybridized carbons (Fsp3) is 0.176. The number of halogens is 1. The highest BCUT2D eigenvalue weighted by Crippen LogP contribution is 2.29. The number of ether oxygens (including phenoxy) is 1. The number of rotatable bonds is 3. The molecule has 3 aromatic rings. The second-order valence-electron chi connectivity index (χ2n) is 5.14. The molecule has 0 amide bonds. The van der Waals surface area contributed by atoms with Crippen molar-refractivity contribution in [3.8, 4) is 11.6 Å². The molecule has 0 saturated heterocycles. The number of nitrogens with zero attached hydrogens (tertiary/aromatic N) is 2. The van der Waals surface area contributed by atoms with Crippen LogP contribution in [0.15, 0.2) is 48.5 Å². The molecule has 0 aliphatic carbocycles. The van der Waals surface area contributed by atoms with Crippen LogP contribution in [0.5, 0.6) is 11.6 Å². The maximum Gasteiger partial charge on any atom is 0.231 e. The highest BCUT2D eigenvalue weighted by atomic mass is 35.5. The zero-order valence-electron chi connectivity index (χ0n) is 11.9. The lowest BCUT2D eigenvalue weighted by molar-refractivity contribution is 0.468. The molecule has 106 valence electrons. The van der Waals surface area contributed by atoms with Crippen molar-refractivity contribution >= 4 is 22.5 Å². The number of hydrogen-bond acceptors (Lipinski definition) is 3. The molecule has 0 saturated carbocycles. The summed E-state index contributed by atoms with van der Waals surface area (Å²) < 4.78 is 5.87. The number of benzene rings is 2. The zero-order valence-corrected chi connectivity index (χ0v) is 12.6. The largest absolute Gasteiger partial charge is 0.438 e. The van der Waals surface area contributed by atoms with E-state index >= 15 is 0 Å². The minimum atomic E-state index is 0.183. The van der Waals surface area contributed by atoms with Gasteiger partial charge in [0.25, 0.3) is 0 Å². The molecule has 0 N–H and O–H groups in total. The number of hydrogen-bond donors (Lipinski definition) is 0. The fourth-order valence-electron chi connectivity index (χ4n) is 2.13. The summed E-state index contributed by atoms with van der Waals surface area (Å²) in [5.41, 5.74) is 2.04. The van der Waals surface area contributed by atoms with Gasteiger partial charge in [0.05, 0.1) is 10.9 Å². The molecule has 4 heteroatoms. The Morgan fingerprint density at radius 2 is 1.67 bits per heavy atom. The average Bonchev–Trinajstić information content (AvgIpc) is 2.47. The molecule has 1 aromatic heterocycles. The molecule has 2 aromatic carbocycles. The lowest BCUT2D eigenvalue weighted by Crippen LogP contribution is -1.93. The Morgan fingerprint density at radius 3 is 2.38 bits per heavy atom. The smallest absolute Gasteiger partial charge is 0.231 e. The lowest BCUT2D eigenvalue weighted by Gasteiger charge is -2.10. The first-order valence-electron chi connectivity index (χ1n) is 6.83. The van der Waals surface area contributed by atoms with Gasteiger partial charge in [0, 0.05) is 0 Å². The molecule has 0 aliphatic rings. The first-order valence-corrected chi connectivity index (χ1v) is 7.21. The van der Waals surface area contributed by atoms with E-state index in [4.69, 9.17) is 16.3 Å². The van der Waals surface area contributed by atoms with Crippen LogP contribution in [0.4, 0.5) is 0 Å². The Morgan fingerprint density at radius 1 is 0.952 bits per heavy atom. The van der Waals surface area contributed by atoms with Gasteiger partial charge in [-0.3, -0.25) is 0 Å². The summed E-state index contributed by atoms with van der Waals surface area (Å²) in [5, 5.41) is 1.03. The summed E-state index contributed by atoms with van der Waals surface area (Å²) in [7, 11) is 0. The van der Waals surface area contributed by atoms with Gasteiger partial charge >= 0.3 is 0 Å². The van der Waals surface area contributed by atoms with Crippen LogP contribution in [0, 0.1) is 0 Å². The van der Waals surface area contributed by atoms with Crippen molar-refractivity contribution in [2.45, 2.75) is 19.8 Å². The zero-order chi connectivity index (χ0) is 14.8. The Kier molecular flexibility index (Phi) is 3.76. The number of para-hydroxylation sites is 1. The van der Waals surface area contributed by atoms with E-state index in [1.807, 2.05) is 36.4 Å². The molecule has 0 bridgehead atoms. The van der Waals surface area contributed by atoms with E-state index in [0.717, 1.165) is 16.7 Å². The van der Waals surface area contributed by atoms with Crippen molar-refractivity contribution in [3.63, 3.8) is 0 Å². The molecule has 21 heavy (non-hydrogen) atoms. The van der Waals surface area contributed by atoms with Crippen molar-refractivity contribution in [1.29, 1.82) is 0 Å². The molecular formula is C17H15ClN2O. The van der Waals surface area contributed by atoms with Gasteiger partial charge in [-0.25, -0.2) is 4.98 Å². The Hall–Kier alpha value is -2.13. The van der Waals surface area contributed by atoms with Crippen LogP contribution in [0.25, 0.3) is 10.9 Å². The third-order valence-electron chi connectivity index (χ3n) is 3.30. The summed E-state index contributed by atoms with van der Waals surface area (Å²) in [6, 6.07) is 15.7. The van der Waals surface area contributed by atoms with Crippen molar-refractivity contribution < 1.29 is 4.74 Å². The monoisotopic (exact) mass is 298 g/mol. The first kappa shape index (κ1) is 13.8. The van der Waals surface area contributed by atoms with E-state index < -0.39 is 0 Å². The molecule has 0 atom stereocenters. The van der Waals surface area contributed by atoms with Gasteiger partial charge in [0.2, 0.25) is 11.2 Å². The Balaban J connectivity index is 1.97. The Bertz CT molecular complexity index is 769. The predicted octanol–water partition coefficient (Wildman–Crippen LogP) is 5.20. The molecule has 3 nitrogen and oxygen atoms in total. The topological polar surface area (TPSA) is 35.0 Å². The molecule has 0 spiro atoms. The van der Waals surface area contributed by atoms with E-state index in [2.05, 4.69) is 35.9 Å². The molecule has 0 unspecified atom stereocenters. The molecule has 1 heterocycles. The number of fused-ring (bicyclic) bond motifs is 1. The fourth-order valence-corrected chi connectivity index (χ4v) is 2.30. The van der Waals surface area contributed by atoms with Crippen LogP contribution < -0.4 is 4.74 Å². The van der Waals surface area contributed by atoms with Crippen LogP contribution in [-0.2, 0) is 0 Å². The van der Waals surface area contributed by atoms with Crippen LogP contribution in [0.3, 0.4) is 0 Å². The summed E-state index contributed by atoms with van der Waals surface area (Å²) in [6.07, 6.45) is 0. The molecule has 3 rings (SSSR count). The molecule has 0 radical (unpaired) electrons. The Labute approximate surface area is 128 Å². The predicted molar refractivity (Wildman–Crippen MR) is 85.2 cm³/mol. The molecular weight excluding hydrogens is 284 g/mol. The van der Waals surface area contributed by atoms with Crippen LogP contribution in [-0.4, -0.2) is 9.97 Å². The van der Waals surface area contributed by atoms with E-state index in [-0.39, 0.29) is 5.28 Å². The molecule has 0 fully saturated rings. The maximum absolute atomic E-state index is 5.95. The minimum absolute atomic E-state index is 0.183. The number of aromatic nitrogens is 2. The van der Waals surface area contributed by atoms with Gasteiger partial charge < -0.3 is 4.74 Å². The summed E-state index contributed by atoms with van der Waals surface area (Å²) in [6.45, 7) is 4.32. The van der Waals surface area contributed by atoms with Gasteiger partial charge in [-0.05, 0) is 47.3 Å². The van der Waals surface area contributed by atoms with Gasteiger partial charge in [-0.15, -0.1) is 0 Å². The maximum atomic E-state index is 5.95.